The molecule has 0 bridgehead atoms. The van der Waals surface area contributed by atoms with Gasteiger partial charge in [-0.2, -0.15) is 0 Å². The molecule has 5 aromatic rings. The predicted octanol–water partition coefficient (Wildman–Crippen LogP) is 4.74. The van der Waals surface area contributed by atoms with Gasteiger partial charge in [-0.05, 0) is 37.6 Å². The van der Waals surface area contributed by atoms with Crippen molar-refractivity contribution in [2.75, 3.05) is 0 Å². The predicted molar refractivity (Wildman–Crippen MR) is 110 cm³/mol. The molecule has 0 spiro atoms. The van der Waals surface area contributed by atoms with Gasteiger partial charge in [0.15, 0.2) is 5.65 Å². The van der Waals surface area contributed by atoms with E-state index in [1.807, 2.05) is 69.0 Å². The summed E-state index contributed by atoms with van der Waals surface area (Å²) in [6, 6.07) is 18.3. The molecule has 29 heavy (non-hydrogen) atoms. The van der Waals surface area contributed by atoms with Gasteiger partial charge in [0.05, 0.1) is 23.2 Å². The lowest BCUT2D eigenvalue weighted by atomic mass is 10.0. The number of imidazole rings is 1. The van der Waals surface area contributed by atoms with Crippen molar-refractivity contribution >= 4 is 11.2 Å². The molecular weight excluding hydrogens is 362 g/mol. The van der Waals surface area contributed by atoms with Crippen molar-refractivity contribution in [2.45, 2.75) is 19.9 Å². The van der Waals surface area contributed by atoms with Crippen molar-refractivity contribution in [3.8, 4) is 11.1 Å². The number of rotatable bonds is 4. The van der Waals surface area contributed by atoms with Crippen LogP contribution in [0.25, 0.3) is 22.3 Å². The molecule has 0 aliphatic heterocycles. The Morgan fingerprint density at radius 3 is 2.48 bits per heavy atom. The number of hydrogen-bond acceptors (Lipinski definition) is 5. The van der Waals surface area contributed by atoms with Gasteiger partial charge >= 0.3 is 0 Å². The van der Waals surface area contributed by atoms with E-state index in [0.29, 0.717) is 5.65 Å². The Morgan fingerprint density at radius 2 is 1.76 bits per heavy atom. The molecule has 0 radical (unpaired) electrons. The topological polar surface area (TPSA) is 69.6 Å². The Kier molecular flexibility index (Phi) is 4.17. The summed E-state index contributed by atoms with van der Waals surface area (Å²) < 4.78 is 7.48. The molecule has 0 fully saturated rings. The lowest BCUT2D eigenvalue weighted by Crippen LogP contribution is -2.13. The lowest BCUT2D eigenvalue weighted by Gasteiger charge is -2.19. The van der Waals surface area contributed by atoms with Crippen LogP contribution in [0.4, 0.5) is 0 Å². The molecule has 6 heteroatoms. The van der Waals surface area contributed by atoms with Crippen LogP contribution in [-0.2, 0) is 0 Å². The molecule has 5 rings (SSSR count). The highest BCUT2D eigenvalue weighted by Gasteiger charge is 2.21. The molecule has 0 aliphatic carbocycles. The second kappa shape index (κ2) is 6.98. The van der Waals surface area contributed by atoms with E-state index in [2.05, 4.69) is 42.9 Å². The largest absolute Gasteiger partial charge is 0.361 e. The molecule has 0 saturated heterocycles. The highest BCUT2D eigenvalue weighted by atomic mass is 16.5. The first kappa shape index (κ1) is 17.3. The minimum absolute atomic E-state index is 0.107. The third-order valence-electron chi connectivity index (χ3n) is 5.11. The maximum Gasteiger partial charge on any atom is 0.177 e. The van der Waals surface area contributed by atoms with Crippen LogP contribution in [0.2, 0.25) is 0 Å². The molecule has 0 aliphatic rings. The van der Waals surface area contributed by atoms with Crippen molar-refractivity contribution in [1.82, 2.24) is 24.7 Å². The molecule has 1 unspecified atom stereocenters. The molecule has 0 amide bonds. The molecule has 0 saturated carbocycles. The number of pyridine rings is 2. The van der Waals surface area contributed by atoms with E-state index < -0.39 is 0 Å². The zero-order valence-corrected chi connectivity index (χ0v) is 16.1. The van der Waals surface area contributed by atoms with E-state index in [-0.39, 0.29) is 6.04 Å². The van der Waals surface area contributed by atoms with E-state index in [4.69, 9.17) is 4.52 Å². The van der Waals surface area contributed by atoms with Gasteiger partial charge in [-0.1, -0.05) is 41.6 Å². The van der Waals surface area contributed by atoms with Crippen LogP contribution in [0, 0.1) is 13.8 Å². The maximum atomic E-state index is 5.35. The Hall–Kier alpha value is -3.80. The average molecular weight is 381 g/mol. The van der Waals surface area contributed by atoms with Crippen LogP contribution >= 0.6 is 0 Å². The minimum Gasteiger partial charge on any atom is -0.361 e. The Morgan fingerprint density at radius 1 is 0.931 bits per heavy atom. The van der Waals surface area contributed by atoms with Crippen LogP contribution in [-0.4, -0.2) is 24.7 Å². The van der Waals surface area contributed by atoms with E-state index in [0.717, 1.165) is 39.4 Å². The van der Waals surface area contributed by atoms with Crippen LogP contribution in [0.15, 0.2) is 77.8 Å². The van der Waals surface area contributed by atoms with Crippen molar-refractivity contribution < 1.29 is 4.52 Å². The summed E-state index contributed by atoms with van der Waals surface area (Å²) >= 11 is 0. The van der Waals surface area contributed by atoms with Gasteiger partial charge in [0.1, 0.15) is 11.8 Å². The van der Waals surface area contributed by atoms with E-state index in [9.17, 15) is 0 Å². The SMILES string of the molecule is Cc1noc(C)c1-c1cnc2ncn(C(c3ccccc3)c3ccccn3)c2c1. The van der Waals surface area contributed by atoms with Gasteiger partial charge in [-0.15, -0.1) is 0 Å². The van der Waals surface area contributed by atoms with Crippen molar-refractivity contribution in [1.29, 1.82) is 0 Å². The third-order valence-corrected chi connectivity index (χ3v) is 5.11. The molecule has 4 aromatic heterocycles. The molecule has 4 heterocycles. The second-order valence-corrected chi connectivity index (χ2v) is 6.99. The van der Waals surface area contributed by atoms with Crippen LogP contribution in [0.1, 0.15) is 28.8 Å². The van der Waals surface area contributed by atoms with Crippen molar-refractivity contribution in [3.05, 3.63) is 96.0 Å². The quantitative estimate of drug-likeness (QED) is 0.450. The van der Waals surface area contributed by atoms with Gasteiger partial charge in [-0.25, -0.2) is 9.97 Å². The summed E-state index contributed by atoms with van der Waals surface area (Å²) in [6.45, 7) is 3.85. The van der Waals surface area contributed by atoms with Gasteiger partial charge < -0.3 is 9.09 Å². The number of nitrogens with zero attached hydrogens (tertiary/aromatic N) is 5. The van der Waals surface area contributed by atoms with Crippen LogP contribution in [0.5, 0.6) is 0 Å². The monoisotopic (exact) mass is 381 g/mol. The standard InChI is InChI=1S/C23H19N5O/c1-15-21(16(2)29-27-15)18-12-20-23(25-13-18)26-14-28(20)22(17-8-4-3-5-9-17)19-10-6-7-11-24-19/h3-14,22H,1-2H3. The molecule has 1 aromatic carbocycles. The summed E-state index contributed by atoms with van der Waals surface area (Å²) in [4.78, 5) is 13.8. The Balaban J connectivity index is 1.73. The number of fused-ring (bicyclic) bond motifs is 1. The Bertz CT molecular complexity index is 1220. The summed E-state index contributed by atoms with van der Waals surface area (Å²) in [5, 5.41) is 4.08. The molecule has 6 nitrogen and oxygen atoms in total. The normalized spacial score (nSPS) is 12.3. The Labute approximate surface area is 167 Å². The van der Waals surface area contributed by atoms with Gasteiger partial charge in [0.25, 0.3) is 0 Å². The van der Waals surface area contributed by atoms with Crippen LogP contribution < -0.4 is 0 Å². The van der Waals surface area contributed by atoms with Gasteiger partial charge in [-0.3, -0.25) is 4.98 Å². The van der Waals surface area contributed by atoms with E-state index >= 15 is 0 Å². The highest BCUT2D eigenvalue weighted by molar-refractivity contribution is 5.80. The fraction of sp³-hybridized carbons (Fsp3) is 0.130. The number of hydrogen-bond donors (Lipinski definition) is 0. The fourth-order valence-corrected chi connectivity index (χ4v) is 3.80. The third kappa shape index (κ3) is 2.99. The summed E-state index contributed by atoms with van der Waals surface area (Å²) in [6.07, 6.45) is 5.48. The number of aromatic nitrogens is 5. The fourth-order valence-electron chi connectivity index (χ4n) is 3.80. The smallest absolute Gasteiger partial charge is 0.177 e. The average Bonchev–Trinajstić information content (AvgIpc) is 3.32. The van der Waals surface area contributed by atoms with Gasteiger partial charge in [0, 0.05) is 23.5 Å². The van der Waals surface area contributed by atoms with Crippen molar-refractivity contribution in [2.24, 2.45) is 0 Å². The first-order valence-electron chi connectivity index (χ1n) is 9.44. The number of aryl methyl sites for hydroxylation is 2. The lowest BCUT2D eigenvalue weighted by molar-refractivity contribution is 0.393. The molecule has 1 atom stereocenters. The molecule has 142 valence electrons. The summed E-state index contributed by atoms with van der Waals surface area (Å²) in [5.41, 5.74) is 6.48. The number of benzene rings is 1. The van der Waals surface area contributed by atoms with E-state index in [1.54, 1.807) is 0 Å². The first-order chi connectivity index (χ1) is 14.2. The molecular formula is C23H19N5O. The first-order valence-corrected chi connectivity index (χ1v) is 9.44. The molecule has 0 N–H and O–H groups in total. The van der Waals surface area contributed by atoms with Crippen LogP contribution in [0.3, 0.4) is 0 Å². The summed E-state index contributed by atoms with van der Waals surface area (Å²) in [7, 11) is 0. The highest BCUT2D eigenvalue weighted by Crippen LogP contribution is 2.32. The van der Waals surface area contributed by atoms with Crippen molar-refractivity contribution in [3.63, 3.8) is 0 Å². The van der Waals surface area contributed by atoms with E-state index in [1.165, 1.54) is 0 Å². The minimum atomic E-state index is -0.107. The maximum absolute atomic E-state index is 5.35. The van der Waals surface area contributed by atoms with Gasteiger partial charge in [0.2, 0.25) is 0 Å². The zero-order chi connectivity index (χ0) is 19.8. The second-order valence-electron chi connectivity index (χ2n) is 6.99. The zero-order valence-electron chi connectivity index (χ0n) is 16.1. The summed E-state index contributed by atoms with van der Waals surface area (Å²) in [5.74, 6) is 0.777.